The van der Waals surface area contributed by atoms with Gasteiger partial charge in [0.05, 0.1) is 0 Å². The van der Waals surface area contributed by atoms with Crippen LogP contribution < -0.4 is 7.91 Å². The predicted molar refractivity (Wildman–Crippen MR) is 147 cm³/mol. The van der Waals surface area contributed by atoms with Crippen molar-refractivity contribution in [3.05, 3.63) is 156 Å². The summed E-state index contributed by atoms with van der Waals surface area (Å²) in [6.45, 7) is 0. The summed E-state index contributed by atoms with van der Waals surface area (Å²) in [4.78, 5) is 0. The first kappa shape index (κ1) is 25.2. The summed E-state index contributed by atoms with van der Waals surface area (Å²) >= 11 is -0.129. The third kappa shape index (κ3) is 9.31. The van der Waals surface area contributed by atoms with Crippen LogP contribution in [0, 0.1) is 0 Å². The normalized spacial score (nSPS) is 12.9. The number of hydrogen-bond acceptors (Lipinski definition) is 0. The Balaban J connectivity index is 0.000000308. The van der Waals surface area contributed by atoms with Crippen molar-refractivity contribution in [3.63, 3.8) is 0 Å². The molecule has 0 amide bonds. The van der Waals surface area contributed by atoms with Gasteiger partial charge in [-0.15, -0.1) is 0 Å². The molecule has 0 bridgehead atoms. The van der Waals surface area contributed by atoms with Crippen molar-refractivity contribution in [2.24, 2.45) is 0 Å². The average Bonchev–Trinajstić information content (AvgIpc) is 2.88. The van der Waals surface area contributed by atoms with Gasteiger partial charge < -0.3 is 0 Å². The van der Waals surface area contributed by atoms with E-state index in [9.17, 15) is 0 Å². The molecule has 0 unspecified atom stereocenters. The van der Waals surface area contributed by atoms with Crippen molar-refractivity contribution < 1.29 is 18.6 Å². The van der Waals surface area contributed by atoms with Crippen molar-refractivity contribution in [1.82, 2.24) is 0 Å². The van der Waals surface area contributed by atoms with E-state index in [0.29, 0.717) is 0 Å². The summed E-state index contributed by atoms with van der Waals surface area (Å²) in [7, 11) is 0. The van der Waals surface area contributed by atoms with Crippen LogP contribution in [0.5, 0.6) is 0 Å². The third-order valence-corrected chi connectivity index (χ3v) is 8.63. The van der Waals surface area contributed by atoms with Crippen LogP contribution in [0.25, 0.3) is 0 Å². The molecule has 35 heavy (non-hydrogen) atoms. The van der Waals surface area contributed by atoms with E-state index in [0.717, 1.165) is 12.8 Å². The quantitative estimate of drug-likeness (QED) is 0.191. The summed E-state index contributed by atoms with van der Waals surface area (Å²) in [6.07, 6.45) is 16.0. The molecule has 1 aliphatic carbocycles. The SMILES string of the molecule is C1=CCCC=CCC1.c1ccc(Cc2cc[c]([Pt][c]3ccc(Cc4ccccc4)cc3)cc2)cc1. The van der Waals surface area contributed by atoms with Crippen molar-refractivity contribution in [2.75, 3.05) is 0 Å². The van der Waals surface area contributed by atoms with E-state index in [1.807, 2.05) is 0 Å². The van der Waals surface area contributed by atoms with Gasteiger partial charge in [0, 0.05) is 0 Å². The van der Waals surface area contributed by atoms with Crippen molar-refractivity contribution >= 4 is 7.91 Å². The first-order chi connectivity index (χ1) is 17.3. The Morgan fingerprint density at radius 2 is 0.686 bits per heavy atom. The number of rotatable bonds is 6. The van der Waals surface area contributed by atoms with Crippen molar-refractivity contribution in [2.45, 2.75) is 38.5 Å². The molecule has 0 aliphatic heterocycles. The number of allylic oxidation sites excluding steroid dienone is 4. The van der Waals surface area contributed by atoms with Crippen LogP contribution in [0.15, 0.2) is 133 Å². The second-order valence-corrected chi connectivity index (χ2v) is 11.9. The Morgan fingerprint density at radius 1 is 0.371 bits per heavy atom. The molecule has 4 aromatic carbocycles. The predicted octanol–water partition coefficient (Wildman–Crippen LogP) is 7.57. The molecule has 5 rings (SSSR count). The van der Waals surface area contributed by atoms with Crippen LogP contribution in [0.1, 0.15) is 47.9 Å². The minimum absolute atomic E-state index is 0.129. The first-order valence-corrected chi connectivity index (χ1v) is 14.8. The van der Waals surface area contributed by atoms with E-state index in [4.69, 9.17) is 0 Å². The molecule has 4 aromatic rings. The molecule has 0 radical (unpaired) electrons. The van der Waals surface area contributed by atoms with Gasteiger partial charge in [-0.2, -0.15) is 0 Å². The fourth-order valence-corrected chi connectivity index (χ4v) is 6.19. The van der Waals surface area contributed by atoms with E-state index in [1.165, 1.54) is 55.8 Å². The first-order valence-electron chi connectivity index (χ1n) is 12.5. The van der Waals surface area contributed by atoms with Crippen LogP contribution >= 0.6 is 0 Å². The van der Waals surface area contributed by atoms with Gasteiger partial charge >= 0.3 is 171 Å². The van der Waals surface area contributed by atoms with Crippen LogP contribution in [0.3, 0.4) is 0 Å². The van der Waals surface area contributed by atoms with E-state index in [1.54, 1.807) is 0 Å². The van der Waals surface area contributed by atoms with Gasteiger partial charge in [0.15, 0.2) is 0 Å². The summed E-state index contributed by atoms with van der Waals surface area (Å²) in [5, 5.41) is 0. The molecule has 0 spiro atoms. The Labute approximate surface area is 220 Å². The molecule has 0 saturated carbocycles. The van der Waals surface area contributed by atoms with Gasteiger partial charge in [0.25, 0.3) is 0 Å². The van der Waals surface area contributed by atoms with Gasteiger partial charge in [-0.25, -0.2) is 0 Å². The molecule has 0 nitrogen and oxygen atoms in total. The molecule has 0 N–H and O–H groups in total. The summed E-state index contributed by atoms with van der Waals surface area (Å²) < 4.78 is 2.95. The van der Waals surface area contributed by atoms with Gasteiger partial charge in [0.2, 0.25) is 0 Å². The van der Waals surface area contributed by atoms with Crippen LogP contribution in [-0.4, -0.2) is 0 Å². The van der Waals surface area contributed by atoms with E-state index in [-0.39, 0.29) is 18.6 Å². The minimum atomic E-state index is -0.129. The van der Waals surface area contributed by atoms with Crippen LogP contribution in [-0.2, 0) is 31.4 Å². The zero-order valence-electron chi connectivity index (χ0n) is 20.3. The topological polar surface area (TPSA) is 0 Å². The zero-order valence-corrected chi connectivity index (χ0v) is 22.5. The molecule has 0 atom stereocenters. The van der Waals surface area contributed by atoms with E-state index < -0.39 is 0 Å². The summed E-state index contributed by atoms with van der Waals surface area (Å²) in [6, 6.07) is 39.7. The zero-order chi connectivity index (χ0) is 24.0. The molecule has 1 heteroatoms. The Kier molecular flexibility index (Phi) is 10.4. The Bertz CT molecular complexity index is 1060. The molecule has 0 fully saturated rings. The maximum atomic E-state index is 2.31. The van der Waals surface area contributed by atoms with Gasteiger partial charge in [-0.1, -0.05) is 24.3 Å². The maximum absolute atomic E-state index is 2.31. The monoisotopic (exact) mass is 637 g/mol. The number of hydrogen-bond donors (Lipinski definition) is 0. The third-order valence-electron chi connectivity index (χ3n) is 5.80. The summed E-state index contributed by atoms with van der Waals surface area (Å²) in [5.41, 5.74) is 5.50. The molecule has 0 heterocycles. The van der Waals surface area contributed by atoms with Crippen molar-refractivity contribution in [1.29, 1.82) is 0 Å². The summed E-state index contributed by atoms with van der Waals surface area (Å²) in [5.74, 6) is 0. The molecule has 1 aliphatic rings. The molecular formula is C34H34Pt. The standard InChI is InChI=1S/2C13H11.C8H12.Pt/c2*1-3-7-12(8-4-1)11-13-9-5-2-6-10-13;1-2-4-6-8-7-5-3-1;/h2*1,3-10H,11H2;1-2,7-8H,3-6H2;. The second kappa shape index (κ2) is 14.4. The Hall–Kier alpha value is -2.95. The molecule has 0 saturated heterocycles. The van der Waals surface area contributed by atoms with Gasteiger partial charge in [-0.05, 0) is 25.7 Å². The average molecular weight is 638 g/mol. The van der Waals surface area contributed by atoms with Crippen LogP contribution in [0.4, 0.5) is 0 Å². The van der Waals surface area contributed by atoms with Crippen molar-refractivity contribution in [3.8, 4) is 0 Å². The second-order valence-electron chi connectivity index (χ2n) is 8.68. The molecule has 0 aromatic heterocycles. The van der Waals surface area contributed by atoms with E-state index in [2.05, 4.69) is 133 Å². The van der Waals surface area contributed by atoms with Gasteiger partial charge in [-0.3, -0.25) is 0 Å². The fraction of sp³-hybridized carbons (Fsp3) is 0.176. The van der Waals surface area contributed by atoms with Crippen LogP contribution in [0.2, 0.25) is 0 Å². The Morgan fingerprint density at radius 3 is 1.03 bits per heavy atom. The van der Waals surface area contributed by atoms with E-state index >= 15 is 0 Å². The van der Waals surface area contributed by atoms with Gasteiger partial charge in [0.1, 0.15) is 0 Å². The number of benzene rings is 4. The fourth-order valence-electron chi connectivity index (χ4n) is 3.91. The molecular weight excluding hydrogens is 603 g/mol. The molecule has 180 valence electrons.